The topological polar surface area (TPSA) is 120 Å². The number of methoxy groups -OCH3 is 1. The zero-order valence-corrected chi connectivity index (χ0v) is 29.0. The second kappa shape index (κ2) is 12.4. The number of ether oxygens (including phenoxy) is 2. The maximum Gasteiger partial charge on any atom is 0.241 e. The molecule has 5 unspecified atom stereocenters. The van der Waals surface area contributed by atoms with Crippen LogP contribution in [0.15, 0.2) is 60.8 Å². The lowest BCUT2D eigenvalue weighted by Gasteiger charge is -2.34. The molecule has 3 fully saturated rings. The van der Waals surface area contributed by atoms with Gasteiger partial charge in [0.2, 0.25) is 5.91 Å². The molecule has 258 valence electrons. The molecule has 10 nitrogen and oxygen atoms in total. The minimum absolute atomic E-state index is 0.0312. The fraction of sp³-hybridized carbons (Fsp3) is 0.425. The number of nitrogens with zero attached hydrogens (tertiary/aromatic N) is 3. The predicted octanol–water partition coefficient (Wildman–Crippen LogP) is 6.92. The van der Waals surface area contributed by atoms with Gasteiger partial charge in [-0.25, -0.2) is 9.97 Å². The van der Waals surface area contributed by atoms with Crippen molar-refractivity contribution in [2.75, 3.05) is 20.4 Å². The molecule has 0 spiro atoms. The van der Waals surface area contributed by atoms with Crippen molar-refractivity contribution in [2.24, 2.45) is 11.8 Å². The zero-order valence-electron chi connectivity index (χ0n) is 29.0. The normalized spacial score (nSPS) is 23.4. The Kier molecular flexibility index (Phi) is 7.78. The van der Waals surface area contributed by atoms with Crippen LogP contribution in [0.4, 0.5) is 0 Å². The molecule has 0 radical (unpaired) electrons. The van der Waals surface area contributed by atoms with Crippen molar-refractivity contribution >= 4 is 27.7 Å². The molecule has 10 heteroatoms. The summed E-state index contributed by atoms with van der Waals surface area (Å²) in [6.07, 6.45) is 7.13. The summed E-state index contributed by atoms with van der Waals surface area (Å²) in [7, 11) is 1.64. The van der Waals surface area contributed by atoms with Gasteiger partial charge in [0.25, 0.3) is 0 Å². The lowest BCUT2D eigenvalue weighted by molar-refractivity contribution is -0.137. The molecule has 3 aliphatic heterocycles. The van der Waals surface area contributed by atoms with Crippen LogP contribution in [0.25, 0.3) is 44.2 Å². The molecule has 9 rings (SSSR count). The largest absolute Gasteiger partial charge is 0.488 e. The first-order valence-electron chi connectivity index (χ1n) is 18.1. The highest BCUT2D eigenvalue weighted by molar-refractivity contribution is 6.07. The molecule has 0 bridgehead atoms. The van der Waals surface area contributed by atoms with E-state index in [9.17, 15) is 4.79 Å². The summed E-state index contributed by atoms with van der Waals surface area (Å²) in [5.41, 5.74) is 8.58. The average molecular weight is 672 g/mol. The van der Waals surface area contributed by atoms with E-state index in [1.165, 1.54) is 12.0 Å². The quantitative estimate of drug-likeness (QED) is 0.105. The standard InChI is InChI=1S/C40H45N7O3/c1-21(2)35(43-20-49-4)40(48)47-33(16-25-8-7-22(3)37(25)47)39-44-30-12-10-23-15-29-27-11-9-24(32-18-42-38(45-32)31-6-5-13-41-31)14-26(27)19-50-34(29)17-28(23)36(30)46-39/h9-12,14-15,17-18,21,25,31,33,35,37,41,43H,3,5-8,13,16,19-20H2,1-2,4H3,(H,42,45)(H,44,46). The van der Waals surface area contributed by atoms with Crippen LogP contribution in [0, 0.1) is 11.8 Å². The summed E-state index contributed by atoms with van der Waals surface area (Å²) in [5, 5.41) is 8.99. The van der Waals surface area contributed by atoms with Crippen molar-refractivity contribution in [1.29, 1.82) is 0 Å². The fourth-order valence-corrected chi connectivity index (χ4v) is 8.96. The monoisotopic (exact) mass is 671 g/mol. The number of rotatable bonds is 8. The molecule has 2 aromatic heterocycles. The Bertz CT molecular complexity index is 2130. The number of likely N-dealkylation sites (tertiary alicyclic amines) is 1. The number of nitrogens with one attached hydrogen (secondary N) is 4. The van der Waals surface area contributed by atoms with E-state index >= 15 is 0 Å². The summed E-state index contributed by atoms with van der Waals surface area (Å²) in [6, 6.07) is 15.1. The second-order valence-electron chi connectivity index (χ2n) is 14.9. The van der Waals surface area contributed by atoms with Gasteiger partial charge in [0.1, 0.15) is 24.0 Å². The lowest BCUT2D eigenvalue weighted by Crippen LogP contribution is -2.52. The number of amides is 1. The van der Waals surface area contributed by atoms with E-state index in [4.69, 9.17) is 14.5 Å². The average Bonchev–Trinajstić information content (AvgIpc) is 3.96. The van der Waals surface area contributed by atoms with Crippen molar-refractivity contribution in [1.82, 2.24) is 35.5 Å². The Morgan fingerprint density at radius 2 is 2.02 bits per heavy atom. The number of hydrogen-bond acceptors (Lipinski definition) is 7. The fourth-order valence-electron chi connectivity index (χ4n) is 8.96. The Morgan fingerprint density at radius 3 is 2.84 bits per heavy atom. The lowest BCUT2D eigenvalue weighted by atomic mass is 9.92. The third-order valence-corrected chi connectivity index (χ3v) is 11.5. The van der Waals surface area contributed by atoms with Crippen LogP contribution in [0.1, 0.15) is 75.2 Å². The van der Waals surface area contributed by atoms with Crippen LogP contribution in [0.2, 0.25) is 0 Å². The maximum absolute atomic E-state index is 14.3. The highest BCUT2D eigenvalue weighted by atomic mass is 16.5. The van der Waals surface area contributed by atoms with Crippen molar-refractivity contribution in [3.05, 3.63) is 78.0 Å². The maximum atomic E-state index is 14.3. The number of carbonyl (C=O) groups is 1. The summed E-state index contributed by atoms with van der Waals surface area (Å²) in [6.45, 7) is 10.4. The number of fused-ring (bicyclic) bond motifs is 7. The number of H-pyrrole nitrogens is 2. The van der Waals surface area contributed by atoms with E-state index in [0.717, 1.165) is 99.4 Å². The molecule has 4 aliphatic rings. The van der Waals surface area contributed by atoms with Crippen LogP contribution in [-0.4, -0.2) is 63.2 Å². The summed E-state index contributed by atoms with van der Waals surface area (Å²) in [5.74, 6) is 3.28. The van der Waals surface area contributed by atoms with Gasteiger partial charge in [-0.05, 0) is 96.8 Å². The number of aromatic amines is 2. The molecule has 4 N–H and O–H groups in total. The van der Waals surface area contributed by atoms with Gasteiger partial charge < -0.3 is 29.7 Å². The predicted molar refractivity (Wildman–Crippen MR) is 194 cm³/mol. The van der Waals surface area contributed by atoms with Crippen LogP contribution >= 0.6 is 0 Å². The molecule has 2 saturated heterocycles. The second-order valence-corrected chi connectivity index (χ2v) is 14.9. The Balaban J connectivity index is 1.05. The molecule has 1 amide bonds. The number of hydrogen-bond donors (Lipinski definition) is 4. The van der Waals surface area contributed by atoms with Gasteiger partial charge in [0.15, 0.2) is 0 Å². The summed E-state index contributed by atoms with van der Waals surface area (Å²) >= 11 is 0. The van der Waals surface area contributed by atoms with E-state index < -0.39 is 0 Å². The zero-order chi connectivity index (χ0) is 34.1. The van der Waals surface area contributed by atoms with E-state index in [-0.39, 0.29) is 30.0 Å². The Hall–Kier alpha value is -4.51. The molecular formula is C40H45N7O3. The van der Waals surface area contributed by atoms with Crippen LogP contribution in [0.3, 0.4) is 0 Å². The van der Waals surface area contributed by atoms with E-state index in [1.54, 1.807) is 7.11 Å². The van der Waals surface area contributed by atoms with E-state index in [0.29, 0.717) is 25.3 Å². The van der Waals surface area contributed by atoms with Crippen molar-refractivity contribution in [2.45, 2.75) is 76.7 Å². The number of carbonyl (C=O) groups excluding carboxylic acids is 1. The summed E-state index contributed by atoms with van der Waals surface area (Å²) < 4.78 is 11.7. The number of imidazole rings is 2. The SMILES string of the molecule is C=C1CCC2CC(c3nc4c(ccc5cc6c(cc54)OCc4cc(-c5cnc(C7CCCN7)[nH]5)ccc4-6)[nH]3)N(C(=O)C(NCOC)C(C)C)C12. The smallest absolute Gasteiger partial charge is 0.241 e. The van der Waals surface area contributed by atoms with E-state index in [2.05, 4.69) is 93.4 Å². The van der Waals surface area contributed by atoms with Crippen molar-refractivity contribution in [3.8, 4) is 28.1 Å². The van der Waals surface area contributed by atoms with Gasteiger partial charge in [-0.15, -0.1) is 0 Å². The summed E-state index contributed by atoms with van der Waals surface area (Å²) in [4.78, 5) is 33.5. The van der Waals surface area contributed by atoms with Crippen LogP contribution in [-0.2, 0) is 16.1 Å². The first-order chi connectivity index (χ1) is 24.4. The van der Waals surface area contributed by atoms with Crippen LogP contribution in [0.5, 0.6) is 5.75 Å². The molecule has 1 aliphatic carbocycles. The molecule has 5 heterocycles. The van der Waals surface area contributed by atoms with Gasteiger partial charge in [-0.2, -0.15) is 0 Å². The minimum Gasteiger partial charge on any atom is -0.488 e. The highest BCUT2D eigenvalue weighted by Crippen LogP contribution is 2.50. The first kappa shape index (κ1) is 31.5. The molecule has 5 aromatic rings. The van der Waals surface area contributed by atoms with Crippen molar-refractivity contribution in [3.63, 3.8) is 0 Å². The van der Waals surface area contributed by atoms with Crippen molar-refractivity contribution < 1.29 is 14.3 Å². The highest BCUT2D eigenvalue weighted by Gasteiger charge is 2.50. The van der Waals surface area contributed by atoms with E-state index in [1.807, 2.05) is 6.20 Å². The molecule has 5 atom stereocenters. The van der Waals surface area contributed by atoms with Crippen LogP contribution < -0.4 is 15.4 Å². The van der Waals surface area contributed by atoms with Gasteiger partial charge in [-0.1, -0.05) is 44.2 Å². The molecular weight excluding hydrogens is 626 g/mol. The number of aromatic nitrogens is 4. The van der Waals surface area contributed by atoms with Gasteiger partial charge in [0, 0.05) is 18.1 Å². The molecule has 1 saturated carbocycles. The molecule has 3 aromatic carbocycles. The van der Waals surface area contributed by atoms with Gasteiger partial charge >= 0.3 is 0 Å². The Morgan fingerprint density at radius 1 is 1.12 bits per heavy atom. The van der Waals surface area contributed by atoms with Gasteiger partial charge in [0.05, 0.1) is 53.8 Å². The van der Waals surface area contributed by atoms with Gasteiger partial charge in [-0.3, -0.25) is 10.1 Å². The third kappa shape index (κ3) is 5.15. The minimum atomic E-state index is -0.358. The Labute approximate surface area is 292 Å². The number of benzene rings is 3. The third-order valence-electron chi connectivity index (χ3n) is 11.5. The molecule has 50 heavy (non-hydrogen) atoms. The first-order valence-corrected chi connectivity index (χ1v) is 18.1.